The van der Waals surface area contributed by atoms with E-state index in [1.165, 1.54) is 0 Å². The first kappa shape index (κ1) is 16.2. The van der Waals surface area contributed by atoms with Crippen LogP contribution < -0.4 is 16.4 Å². The highest BCUT2D eigenvalue weighted by Gasteiger charge is 2.27. The minimum atomic E-state index is -0.756. The number of benzene rings is 2. The Morgan fingerprint density at radius 3 is 2.42 bits per heavy atom. The number of nitrogens with two attached hydrogens (primary N) is 1. The first-order valence-corrected chi connectivity index (χ1v) is 7.63. The summed E-state index contributed by atoms with van der Waals surface area (Å²) in [4.78, 5) is 28.6. The van der Waals surface area contributed by atoms with Crippen molar-refractivity contribution in [2.75, 3.05) is 0 Å². The predicted octanol–water partition coefficient (Wildman–Crippen LogP) is 0.453. The Hall–Kier alpha value is -2.71. The zero-order valence-electron chi connectivity index (χ0n) is 12.4. The van der Waals surface area contributed by atoms with Crippen molar-refractivity contribution >= 4 is 33.4 Å². The van der Waals surface area contributed by atoms with Crippen molar-refractivity contribution in [1.82, 2.24) is 5.01 Å². The van der Waals surface area contributed by atoms with Gasteiger partial charge in [-0.25, -0.2) is 15.8 Å². The van der Waals surface area contributed by atoms with Gasteiger partial charge in [-0.1, -0.05) is 15.9 Å². The first-order chi connectivity index (χ1) is 11.3. The summed E-state index contributed by atoms with van der Waals surface area (Å²) >= 11 is 3.36. The van der Waals surface area contributed by atoms with Crippen LogP contribution in [-0.4, -0.2) is 27.0 Å². The van der Waals surface area contributed by atoms with Crippen LogP contribution in [0.3, 0.4) is 0 Å². The molecule has 8 heteroatoms. The molecule has 0 unspecified atom stereocenters. The number of hydrogen-bond donors (Lipinski definition) is 3. The van der Waals surface area contributed by atoms with Crippen molar-refractivity contribution in [1.29, 1.82) is 0 Å². The van der Waals surface area contributed by atoms with Gasteiger partial charge in [0.1, 0.15) is 17.2 Å². The first-order valence-electron chi connectivity index (χ1n) is 6.83. The maximum absolute atomic E-state index is 12.5. The minimum absolute atomic E-state index is 0.0578. The maximum Gasteiger partial charge on any atom is 0.296 e. The van der Waals surface area contributed by atoms with Crippen molar-refractivity contribution < 1.29 is 19.8 Å². The summed E-state index contributed by atoms with van der Waals surface area (Å²) in [6.45, 7) is 1.83. The highest BCUT2D eigenvalue weighted by atomic mass is 79.9. The largest absolute Gasteiger partial charge is 0.508 e. The predicted molar refractivity (Wildman–Crippen MR) is 88.2 cm³/mol. The van der Waals surface area contributed by atoms with Gasteiger partial charge >= 0.3 is 0 Å². The van der Waals surface area contributed by atoms with Crippen LogP contribution >= 0.6 is 15.9 Å². The molecule has 0 aliphatic carbocycles. The van der Waals surface area contributed by atoms with Gasteiger partial charge in [-0.3, -0.25) is 9.59 Å². The molecule has 24 heavy (non-hydrogen) atoms. The molecule has 0 saturated carbocycles. The van der Waals surface area contributed by atoms with E-state index < -0.39 is 11.8 Å². The molecule has 1 heterocycles. The van der Waals surface area contributed by atoms with Gasteiger partial charge in [0, 0.05) is 21.3 Å². The Morgan fingerprint density at radius 1 is 1.17 bits per heavy atom. The van der Waals surface area contributed by atoms with E-state index >= 15 is 0 Å². The molecule has 0 radical (unpaired) electrons. The van der Waals surface area contributed by atoms with Crippen molar-refractivity contribution in [2.24, 2.45) is 10.8 Å². The van der Waals surface area contributed by atoms with Gasteiger partial charge in [0.25, 0.3) is 11.8 Å². The quantitative estimate of drug-likeness (QED) is 0.391. The highest BCUT2D eigenvalue weighted by molar-refractivity contribution is 9.10. The number of fused-ring (bicyclic) bond motifs is 1. The van der Waals surface area contributed by atoms with Crippen LogP contribution in [0.1, 0.15) is 15.9 Å². The Morgan fingerprint density at radius 2 is 1.79 bits per heavy atom. The molecule has 2 amide bonds. The van der Waals surface area contributed by atoms with Gasteiger partial charge in [0.2, 0.25) is 0 Å². The monoisotopic (exact) mass is 389 g/mol. The number of hydrazine groups is 1. The summed E-state index contributed by atoms with van der Waals surface area (Å²) < 4.78 is 0.784. The molecule has 0 atom stereocenters. The number of carbonyl (C=O) groups excluding carboxylic acids is 2. The number of carbonyl (C=O) groups is 2. The number of halogens is 1. The van der Waals surface area contributed by atoms with E-state index in [9.17, 15) is 19.8 Å². The lowest BCUT2D eigenvalue weighted by molar-refractivity contribution is -0.113. The van der Waals surface area contributed by atoms with Crippen LogP contribution in [0.2, 0.25) is 0 Å². The third kappa shape index (κ3) is 2.66. The fraction of sp³-hybridized carbons (Fsp3) is 0.0625. The molecule has 2 aromatic carbocycles. The molecule has 0 saturated heterocycles. The molecule has 4 N–H and O–H groups in total. The second-order valence-electron chi connectivity index (χ2n) is 5.30. The van der Waals surface area contributed by atoms with Crippen molar-refractivity contribution in [3.63, 3.8) is 0 Å². The van der Waals surface area contributed by atoms with E-state index in [2.05, 4.69) is 20.9 Å². The second kappa shape index (κ2) is 5.73. The third-order valence-corrected chi connectivity index (χ3v) is 4.42. The van der Waals surface area contributed by atoms with Crippen molar-refractivity contribution in [2.45, 2.75) is 6.92 Å². The highest BCUT2D eigenvalue weighted by Crippen LogP contribution is 2.22. The molecule has 0 aromatic heterocycles. The Bertz CT molecular complexity index is 996. The number of phenols is 2. The molecule has 3 rings (SSSR count). The molecular weight excluding hydrogens is 378 g/mol. The number of rotatable bonds is 2. The maximum atomic E-state index is 12.5. The molecule has 122 valence electrons. The van der Waals surface area contributed by atoms with Crippen molar-refractivity contribution in [3.8, 4) is 11.5 Å². The molecule has 2 aromatic rings. The number of nitrogens with zero attached hydrogens (tertiary/aromatic N) is 2. The average Bonchev–Trinajstić information content (AvgIpc) is 2.80. The lowest BCUT2D eigenvalue weighted by Crippen LogP contribution is -2.41. The van der Waals surface area contributed by atoms with Crippen LogP contribution in [0.5, 0.6) is 11.5 Å². The van der Waals surface area contributed by atoms with Crippen LogP contribution in [0.4, 0.5) is 0 Å². The Balaban J connectivity index is 2.13. The van der Waals surface area contributed by atoms with Gasteiger partial charge in [-0.05, 0) is 36.8 Å². The van der Waals surface area contributed by atoms with Crippen LogP contribution in [0.15, 0.2) is 39.8 Å². The van der Waals surface area contributed by atoms with E-state index in [-0.39, 0.29) is 22.8 Å². The number of aryl methyl sites for hydroxylation is 1. The lowest BCUT2D eigenvalue weighted by Gasteiger charge is -2.16. The average molecular weight is 390 g/mol. The summed E-state index contributed by atoms with van der Waals surface area (Å²) in [6, 6.07) is 6.75. The molecule has 7 nitrogen and oxygen atoms in total. The van der Waals surface area contributed by atoms with Gasteiger partial charge < -0.3 is 10.2 Å². The van der Waals surface area contributed by atoms with E-state index in [1.54, 1.807) is 12.1 Å². The summed E-state index contributed by atoms with van der Waals surface area (Å²) in [5, 5.41) is 20.5. The summed E-state index contributed by atoms with van der Waals surface area (Å²) in [6.07, 6.45) is 0. The van der Waals surface area contributed by atoms with Gasteiger partial charge in [-0.2, -0.15) is 0 Å². The van der Waals surface area contributed by atoms with E-state index in [1.807, 2.05) is 6.92 Å². The number of aromatic hydroxyl groups is 2. The van der Waals surface area contributed by atoms with Crippen LogP contribution in [-0.2, 0) is 4.79 Å². The minimum Gasteiger partial charge on any atom is -0.508 e. The van der Waals surface area contributed by atoms with Gasteiger partial charge in [-0.15, -0.1) is 0 Å². The lowest BCUT2D eigenvalue weighted by atomic mass is 10.1. The van der Waals surface area contributed by atoms with Crippen LogP contribution in [0, 0.1) is 6.92 Å². The zero-order chi connectivity index (χ0) is 17.6. The van der Waals surface area contributed by atoms with E-state index in [0.717, 1.165) is 28.2 Å². The number of hydrogen-bond acceptors (Lipinski definition) is 5. The zero-order valence-corrected chi connectivity index (χ0v) is 14.0. The van der Waals surface area contributed by atoms with Gasteiger partial charge in [0.05, 0.1) is 5.36 Å². The number of amides is 2. The van der Waals surface area contributed by atoms with E-state index in [4.69, 9.17) is 5.84 Å². The smallest absolute Gasteiger partial charge is 0.296 e. The topological polar surface area (TPSA) is 116 Å². The van der Waals surface area contributed by atoms with Crippen molar-refractivity contribution in [3.05, 3.63) is 56.5 Å². The number of phenolic OH excluding ortho intramolecular Hbond substituents is 2. The summed E-state index contributed by atoms with van der Waals surface area (Å²) in [5.74, 6) is 3.86. The standard InChI is InChI=1S/C16H12BrN3O4/c1-7-2-11-13(6-12(7)17)19-15(23)14(11)20(18)16(24)8-3-9(21)5-10(22)4-8/h2-6,21-22H,18H2,1H3. The molecule has 0 bridgehead atoms. The molecular formula is C16H12BrN3O4. The molecule has 0 fully saturated rings. The summed E-state index contributed by atoms with van der Waals surface area (Å²) in [5.41, 5.74) is 0.734. The third-order valence-electron chi connectivity index (χ3n) is 3.57. The van der Waals surface area contributed by atoms with E-state index in [0.29, 0.717) is 15.6 Å². The Kier molecular flexibility index (Phi) is 3.86. The van der Waals surface area contributed by atoms with Crippen LogP contribution in [0.25, 0.3) is 5.70 Å². The summed E-state index contributed by atoms with van der Waals surface area (Å²) in [7, 11) is 0. The molecule has 1 aliphatic rings. The van der Waals surface area contributed by atoms with Gasteiger partial charge in [0.15, 0.2) is 0 Å². The second-order valence-corrected chi connectivity index (χ2v) is 6.15. The fourth-order valence-corrected chi connectivity index (χ4v) is 2.75. The normalized spacial score (nSPS) is 12.8. The molecule has 1 aliphatic heterocycles. The molecule has 0 spiro atoms. The fourth-order valence-electron chi connectivity index (χ4n) is 2.42. The SMILES string of the molecule is Cc1cc2c(cc1Br)=NC(=O)C=2N(N)C(=O)c1cc(O)cc(O)c1. The Labute approximate surface area is 144 Å².